The van der Waals surface area contributed by atoms with Gasteiger partial charge in [-0.05, 0) is 44.5 Å². The second-order valence-electron chi connectivity index (χ2n) is 4.31. The molecule has 1 heterocycles. The minimum absolute atomic E-state index is 0.464. The number of nitrogens with zero attached hydrogens (tertiary/aromatic N) is 2. The highest BCUT2D eigenvalue weighted by Crippen LogP contribution is 2.29. The van der Waals surface area contributed by atoms with Gasteiger partial charge in [0.2, 0.25) is 0 Å². The van der Waals surface area contributed by atoms with Gasteiger partial charge in [0.1, 0.15) is 17.3 Å². The third-order valence-electron chi connectivity index (χ3n) is 3.02. The molecule has 0 atom stereocenters. The number of rotatable bonds is 2. The van der Waals surface area contributed by atoms with E-state index in [1.807, 2.05) is 39.0 Å². The number of ether oxygens (including phenoxy) is 1. The smallest absolute Gasteiger partial charge is 0.150 e. The topological polar surface area (TPSA) is 61.0 Å². The highest BCUT2D eigenvalue weighted by Gasteiger charge is 2.11. The van der Waals surface area contributed by atoms with Crippen molar-refractivity contribution >= 4 is 5.82 Å². The van der Waals surface area contributed by atoms with E-state index in [2.05, 4.69) is 9.97 Å². The van der Waals surface area contributed by atoms with Crippen molar-refractivity contribution in [1.82, 2.24) is 9.97 Å². The Morgan fingerprint density at radius 1 is 1.06 bits per heavy atom. The van der Waals surface area contributed by atoms with Crippen molar-refractivity contribution in [2.75, 3.05) is 12.8 Å². The Morgan fingerprint density at radius 3 is 2.33 bits per heavy atom. The largest absolute Gasteiger partial charge is 0.497 e. The van der Waals surface area contributed by atoms with Crippen LogP contribution >= 0.6 is 0 Å². The first-order valence-corrected chi connectivity index (χ1v) is 5.78. The fraction of sp³-hybridized carbons (Fsp3) is 0.286. The van der Waals surface area contributed by atoms with Gasteiger partial charge in [-0.25, -0.2) is 9.97 Å². The van der Waals surface area contributed by atoms with Crippen molar-refractivity contribution in [3.8, 4) is 17.0 Å². The molecule has 0 bridgehead atoms. The highest BCUT2D eigenvalue weighted by atomic mass is 16.5. The number of anilines is 1. The summed E-state index contributed by atoms with van der Waals surface area (Å²) < 4.78 is 5.19. The molecular weight excluding hydrogens is 226 g/mol. The van der Waals surface area contributed by atoms with E-state index >= 15 is 0 Å². The fourth-order valence-corrected chi connectivity index (χ4v) is 1.85. The van der Waals surface area contributed by atoms with Crippen LogP contribution in [0, 0.1) is 20.8 Å². The van der Waals surface area contributed by atoms with Gasteiger partial charge in [-0.2, -0.15) is 0 Å². The van der Waals surface area contributed by atoms with E-state index < -0.39 is 0 Å². The molecule has 0 saturated carbocycles. The Balaban J connectivity index is 2.58. The van der Waals surface area contributed by atoms with Gasteiger partial charge >= 0.3 is 0 Å². The Morgan fingerprint density at radius 2 is 1.72 bits per heavy atom. The van der Waals surface area contributed by atoms with Crippen LogP contribution < -0.4 is 10.5 Å². The predicted octanol–water partition coefficient (Wildman–Crippen LogP) is 2.66. The van der Waals surface area contributed by atoms with Gasteiger partial charge in [-0.15, -0.1) is 0 Å². The lowest BCUT2D eigenvalue weighted by Gasteiger charge is -2.11. The lowest BCUT2D eigenvalue weighted by molar-refractivity contribution is 0.414. The fourth-order valence-electron chi connectivity index (χ4n) is 1.85. The maximum Gasteiger partial charge on any atom is 0.150 e. The average Bonchev–Trinajstić information content (AvgIpc) is 2.34. The molecule has 4 nitrogen and oxygen atoms in total. The number of methoxy groups -OCH3 is 1. The summed E-state index contributed by atoms with van der Waals surface area (Å²) in [7, 11) is 1.65. The standard InChI is InChI=1S/C14H17N3O/c1-8-7-11(18-4)5-6-12(8)13-14(15)17-10(3)9(2)16-13/h5-7H,1-4H3,(H2,15,17). The number of hydrogen-bond acceptors (Lipinski definition) is 4. The first-order chi connectivity index (χ1) is 8.52. The molecule has 0 fully saturated rings. The van der Waals surface area contributed by atoms with Gasteiger partial charge in [-0.1, -0.05) is 0 Å². The van der Waals surface area contributed by atoms with Crippen LogP contribution in [0.2, 0.25) is 0 Å². The molecule has 1 aromatic carbocycles. The van der Waals surface area contributed by atoms with Gasteiger partial charge < -0.3 is 10.5 Å². The summed E-state index contributed by atoms with van der Waals surface area (Å²) in [5.74, 6) is 1.29. The van der Waals surface area contributed by atoms with Crippen LogP contribution in [0.3, 0.4) is 0 Å². The van der Waals surface area contributed by atoms with Gasteiger partial charge in [0, 0.05) is 5.56 Å². The van der Waals surface area contributed by atoms with Gasteiger partial charge in [0.05, 0.1) is 18.5 Å². The number of nitrogen functional groups attached to an aromatic ring is 1. The number of aromatic nitrogens is 2. The highest BCUT2D eigenvalue weighted by molar-refractivity contribution is 5.73. The van der Waals surface area contributed by atoms with Crippen LogP contribution in [0.5, 0.6) is 5.75 Å². The van der Waals surface area contributed by atoms with E-state index in [9.17, 15) is 0 Å². The third kappa shape index (κ3) is 2.14. The minimum atomic E-state index is 0.464. The zero-order chi connectivity index (χ0) is 13.3. The molecule has 0 aliphatic carbocycles. The molecule has 2 N–H and O–H groups in total. The van der Waals surface area contributed by atoms with Crippen LogP contribution in [0.1, 0.15) is 17.0 Å². The van der Waals surface area contributed by atoms with E-state index in [1.165, 1.54) is 0 Å². The van der Waals surface area contributed by atoms with E-state index in [1.54, 1.807) is 7.11 Å². The summed E-state index contributed by atoms with van der Waals surface area (Å²) >= 11 is 0. The molecule has 0 radical (unpaired) electrons. The van der Waals surface area contributed by atoms with Crippen LogP contribution in [0.25, 0.3) is 11.3 Å². The summed E-state index contributed by atoms with van der Waals surface area (Å²) in [5, 5.41) is 0. The molecule has 0 amide bonds. The zero-order valence-corrected chi connectivity index (χ0v) is 11.1. The number of benzene rings is 1. The number of hydrogen-bond donors (Lipinski definition) is 1. The quantitative estimate of drug-likeness (QED) is 0.880. The van der Waals surface area contributed by atoms with Gasteiger partial charge in [0.15, 0.2) is 0 Å². The first kappa shape index (κ1) is 12.4. The second-order valence-corrected chi connectivity index (χ2v) is 4.31. The second kappa shape index (κ2) is 4.64. The molecule has 0 aliphatic heterocycles. The van der Waals surface area contributed by atoms with E-state index in [-0.39, 0.29) is 0 Å². The SMILES string of the molecule is COc1ccc(-c2nc(C)c(C)nc2N)c(C)c1. The van der Waals surface area contributed by atoms with Gasteiger partial charge in [-0.3, -0.25) is 0 Å². The maximum absolute atomic E-state index is 5.96. The van der Waals surface area contributed by atoms with Crippen LogP contribution in [0.15, 0.2) is 18.2 Å². The molecule has 4 heteroatoms. The molecule has 2 aromatic rings. The normalized spacial score (nSPS) is 10.4. The summed E-state index contributed by atoms with van der Waals surface area (Å²) in [6.07, 6.45) is 0. The van der Waals surface area contributed by atoms with Crippen LogP contribution in [0.4, 0.5) is 5.82 Å². The molecule has 0 aliphatic rings. The Hall–Kier alpha value is -2.10. The van der Waals surface area contributed by atoms with Crippen molar-refractivity contribution in [3.63, 3.8) is 0 Å². The van der Waals surface area contributed by atoms with Crippen molar-refractivity contribution in [2.45, 2.75) is 20.8 Å². The van der Waals surface area contributed by atoms with E-state index in [4.69, 9.17) is 10.5 Å². The Bertz CT molecular complexity index is 594. The van der Waals surface area contributed by atoms with Crippen molar-refractivity contribution in [1.29, 1.82) is 0 Å². The third-order valence-corrected chi connectivity index (χ3v) is 3.02. The lowest BCUT2D eigenvalue weighted by atomic mass is 10.0. The molecular formula is C14H17N3O. The Kier molecular flexibility index (Phi) is 3.19. The molecule has 0 saturated heterocycles. The monoisotopic (exact) mass is 243 g/mol. The summed E-state index contributed by atoms with van der Waals surface area (Å²) in [4.78, 5) is 8.85. The van der Waals surface area contributed by atoms with E-state index in [0.717, 1.165) is 34.0 Å². The van der Waals surface area contributed by atoms with Gasteiger partial charge in [0.25, 0.3) is 0 Å². The lowest BCUT2D eigenvalue weighted by Crippen LogP contribution is -2.03. The number of nitrogens with two attached hydrogens (primary N) is 1. The van der Waals surface area contributed by atoms with Crippen molar-refractivity contribution in [2.24, 2.45) is 0 Å². The van der Waals surface area contributed by atoms with E-state index in [0.29, 0.717) is 5.82 Å². The first-order valence-electron chi connectivity index (χ1n) is 5.78. The maximum atomic E-state index is 5.96. The molecule has 0 unspecified atom stereocenters. The van der Waals surface area contributed by atoms with Crippen molar-refractivity contribution in [3.05, 3.63) is 35.2 Å². The zero-order valence-electron chi connectivity index (χ0n) is 11.1. The summed E-state index contributed by atoms with van der Waals surface area (Å²) in [5.41, 5.74) is 10.5. The predicted molar refractivity (Wildman–Crippen MR) is 72.6 cm³/mol. The van der Waals surface area contributed by atoms with Crippen LogP contribution in [-0.4, -0.2) is 17.1 Å². The Labute approximate surface area is 107 Å². The summed E-state index contributed by atoms with van der Waals surface area (Å²) in [6.45, 7) is 5.85. The molecule has 18 heavy (non-hydrogen) atoms. The molecule has 2 rings (SSSR count). The average molecular weight is 243 g/mol. The minimum Gasteiger partial charge on any atom is -0.497 e. The van der Waals surface area contributed by atoms with Crippen LogP contribution in [-0.2, 0) is 0 Å². The number of aryl methyl sites for hydroxylation is 3. The molecule has 0 spiro atoms. The molecule has 94 valence electrons. The van der Waals surface area contributed by atoms with Crippen molar-refractivity contribution < 1.29 is 4.74 Å². The summed E-state index contributed by atoms with van der Waals surface area (Å²) in [6, 6.07) is 5.83. The molecule has 1 aromatic heterocycles.